The fraction of sp³-hybridized carbons (Fsp3) is 0.438. The summed E-state index contributed by atoms with van der Waals surface area (Å²) in [6.07, 6.45) is -5.03. The molecule has 174 valence electrons. The van der Waals surface area contributed by atoms with Crippen LogP contribution in [0.2, 0.25) is 0 Å². The number of alkyl halides is 3. The number of halogens is 6. The molecule has 0 aliphatic carbocycles. The van der Waals surface area contributed by atoms with Gasteiger partial charge in [-0.25, -0.2) is 9.52 Å². The number of esters is 2. The lowest BCUT2D eigenvalue weighted by atomic mass is 9.79. The van der Waals surface area contributed by atoms with E-state index in [1.54, 1.807) is 12.1 Å². The number of ether oxygens (including phenoxy) is 3. The van der Waals surface area contributed by atoms with E-state index >= 15 is 0 Å². The van der Waals surface area contributed by atoms with Crippen LogP contribution in [0.25, 0.3) is 0 Å². The largest absolute Gasteiger partial charge is 0.516 e. The zero-order valence-corrected chi connectivity index (χ0v) is 22.3. The van der Waals surface area contributed by atoms with E-state index in [9.17, 15) is 36.0 Å². The lowest BCUT2D eigenvalue weighted by molar-refractivity contribution is -0.146. The molecule has 1 aromatic rings. The molecule has 1 amide bonds. The monoisotopic (exact) mass is 813 g/mol. The minimum Gasteiger partial charge on any atom is -0.458 e. The maximum atomic E-state index is 12.9. The summed E-state index contributed by atoms with van der Waals surface area (Å²) in [6, 6.07) is 3.46. The molecule has 16 heteroatoms. The Bertz CT molecular complexity index is 1140. The van der Waals surface area contributed by atoms with Crippen molar-refractivity contribution in [2.75, 3.05) is 0 Å². The van der Waals surface area contributed by atoms with E-state index in [0.29, 0.717) is 7.14 Å². The number of benzene rings is 1. The predicted octanol–water partition coefficient (Wildman–Crippen LogP) is 1.93. The summed E-state index contributed by atoms with van der Waals surface area (Å²) in [6.45, 7) is 0. The Morgan fingerprint density at radius 2 is 1.69 bits per heavy atom. The molecule has 1 N–H and O–H groups in total. The third kappa shape index (κ3) is 3.89. The second-order valence-electron chi connectivity index (χ2n) is 7.02. The Balaban J connectivity index is 1.62. The van der Waals surface area contributed by atoms with Crippen molar-refractivity contribution in [1.82, 2.24) is 4.72 Å². The first-order valence-corrected chi connectivity index (χ1v) is 13.3. The van der Waals surface area contributed by atoms with Gasteiger partial charge in [-0.15, -0.1) is 0 Å². The highest BCUT2D eigenvalue weighted by Crippen LogP contribution is 2.51. The van der Waals surface area contributed by atoms with Gasteiger partial charge in [-0.05, 0) is 79.9 Å². The third-order valence-corrected chi connectivity index (χ3v) is 10.3. The second-order valence-corrected chi connectivity index (χ2v) is 12.1. The summed E-state index contributed by atoms with van der Waals surface area (Å²) < 4.78 is 79.7. The Hall–Kier alpha value is -0.480. The maximum Gasteiger partial charge on any atom is 0.516 e. The zero-order chi connectivity index (χ0) is 23.7. The van der Waals surface area contributed by atoms with E-state index in [1.165, 1.54) is 0 Å². The van der Waals surface area contributed by atoms with E-state index in [1.807, 2.05) is 67.8 Å². The first kappa shape index (κ1) is 24.6. The zero-order valence-electron chi connectivity index (χ0n) is 15.1. The number of nitrogens with one attached hydrogen (secondary N) is 1. The molecule has 6 unspecified atom stereocenters. The van der Waals surface area contributed by atoms with Crippen molar-refractivity contribution in [3.8, 4) is 0 Å². The van der Waals surface area contributed by atoms with Gasteiger partial charge in [-0.2, -0.15) is 21.6 Å². The van der Waals surface area contributed by atoms with Crippen LogP contribution in [0.1, 0.15) is 10.4 Å². The van der Waals surface area contributed by atoms with Gasteiger partial charge < -0.3 is 14.2 Å². The minimum atomic E-state index is -5.99. The van der Waals surface area contributed by atoms with Crippen LogP contribution in [0.15, 0.2) is 12.1 Å². The van der Waals surface area contributed by atoms with Gasteiger partial charge in [0.2, 0.25) is 5.91 Å². The number of hydrogen-bond acceptors (Lipinski definition) is 8. The highest BCUT2D eigenvalue weighted by molar-refractivity contribution is 14.1. The van der Waals surface area contributed by atoms with Crippen LogP contribution in [0.5, 0.6) is 0 Å². The average Bonchev–Trinajstić information content (AvgIpc) is 3.26. The van der Waals surface area contributed by atoms with Crippen LogP contribution in [0.4, 0.5) is 13.2 Å². The molecule has 3 heterocycles. The summed E-state index contributed by atoms with van der Waals surface area (Å²) in [5, 5.41) is 0. The first-order valence-electron chi connectivity index (χ1n) is 8.58. The van der Waals surface area contributed by atoms with Crippen molar-refractivity contribution in [3.63, 3.8) is 0 Å². The lowest BCUT2D eigenvalue weighted by Gasteiger charge is -2.27. The van der Waals surface area contributed by atoms with Crippen LogP contribution < -0.4 is 4.72 Å². The molecule has 6 atom stereocenters. The van der Waals surface area contributed by atoms with Gasteiger partial charge in [0.15, 0.2) is 0 Å². The summed E-state index contributed by atoms with van der Waals surface area (Å²) in [5.74, 6) is -5.91. The van der Waals surface area contributed by atoms with E-state index in [-0.39, 0.29) is 5.56 Å². The molecule has 0 radical (unpaired) electrons. The number of amides is 1. The molecule has 1 aromatic carbocycles. The fourth-order valence-electron chi connectivity index (χ4n) is 3.91. The molecular weight excluding hydrogens is 804 g/mol. The smallest absolute Gasteiger partial charge is 0.458 e. The van der Waals surface area contributed by atoms with Crippen LogP contribution in [0.3, 0.4) is 0 Å². The SMILES string of the molecule is O=C(OC1C2OC3C(OC(=O)C13)C2C(=O)NS(=O)(=O)C(F)(F)F)c1c(I)ccc(I)c1I. The lowest BCUT2D eigenvalue weighted by Crippen LogP contribution is -2.52. The molecule has 4 rings (SSSR count). The minimum absolute atomic E-state index is 0.212. The van der Waals surface area contributed by atoms with Gasteiger partial charge >= 0.3 is 27.5 Å². The molecule has 9 nitrogen and oxygen atoms in total. The molecule has 32 heavy (non-hydrogen) atoms. The molecule has 0 saturated carbocycles. The molecule has 0 spiro atoms. The highest BCUT2D eigenvalue weighted by Gasteiger charge is 2.72. The van der Waals surface area contributed by atoms with E-state index in [0.717, 1.165) is 8.29 Å². The van der Waals surface area contributed by atoms with Crippen molar-refractivity contribution in [2.24, 2.45) is 11.8 Å². The second kappa shape index (κ2) is 8.33. The van der Waals surface area contributed by atoms with E-state index in [4.69, 9.17) is 14.2 Å². The number of fused-ring (bicyclic) bond motifs is 1. The fourth-order valence-corrected chi connectivity index (χ4v) is 6.75. The van der Waals surface area contributed by atoms with Gasteiger partial charge in [-0.1, -0.05) is 0 Å². The van der Waals surface area contributed by atoms with Gasteiger partial charge in [0.05, 0.1) is 5.56 Å². The van der Waals surface area contributed by atoms with Gasteiger partial charge in [-0.3, -0.25) is 9.59 Å². The van der Waals surface area contributed by atoms with Crippen LogP contribution >= 0.6 is 67.8 Å². The van der Waals surface area contributed by atoms with Gasteiger partial charge in [0.25, 0.3) is 0 Å². The van der Waals surface area contributed by atoms with E-state index in [2.05, 4.69) is 0 Å². The van der Waals surface area contributed by atoms with Crippen molar-refractivity contribution in [3.05, 3.63) is 28.4 Å². The number of carbonyl (C=O) groups is 3. The standard InChI is InChI=1S/C16H9F3I3NO8S/c17-16(18,19)32(27,28)23-13(24)6-9-12(7-11(29-9)10(6)30-15(7)26)31-14(25)5-3(20)1-2-4(21)8(5)22/h1-2,6-7,9-12H,(H,23,24). The Labute approximate surface area is 218 Å². The summed E-state index contributed by atoms with van der Waals surface area (Å²) in [7, 11) is -5.99. The van der Waals surface area contributed by atoms with Crippen molar-refractivity contribution in [2.45, 2.75) is 29.9 Å². The molecule has 0 aromatic heterocycles. The highest BCUT2D eigenvalue weighted by atomic mass is 127. The quantitative estimate of drug-likeness (QED) is 0.278. The van der Waals surface area contributed by atoms with Crippen molar-refractivity contribution < 1.29 is 50.2 Å². The predicted molar refractivity (Wildman–Crippen MR) is 122 cm³/mol. The first-order chi connectivity index (χ1) is 14.7. The summed E-state index contributed by atoms with van der Waals surface area (Å²) in [5.41, 5.74) is -5.51. The molecular formula is C16H9F3I3NO8S. The van der Waals surface area contributed by atoms with Crippen molar-refractivity contribution >= 4 is 95.6 Å². The number of rotatable bonds is 4. The van der Waals surface area contributed by atoms with E-state index < -0.39 is 69.6 Å². The molecule has 3 aliphatic rings. The number of carbonyl (C=O) groups excluding carboxylic acids is 3. The number of hydrogen-bond donors (Lipinski definition) is 1. The Morgan fingerprint density at radius 1 is 1.06 bits per heavy atom. The molecule has 2 bridgehead atoms. The molecule has 3 aliphatic heterocycles. The number of sulfonamides is 1. The molecule has 3 fully saturated rings. The molecule has 3 saturated heterocycles. The third-order valence-electron chi connectivity index (χ3n) is 5.24. The van der Waals surface area contributed by atoms with Crippen LogP contribution in [-0.2, 0) is 33.8 Å². The van der Waals surface area contributed by atoms with Crippen LogP contribution in [0, 0.1) is 22.5 Å². The normalized spacial score (nSPS) is 30.9. The summed E-state index contributed by atoms with van der Waals surface area (Å²) in [4.78, 5) is 37.6. The van der Waals surface area contributed by atoms with Gasteiger partial charge in [0.1, 0.15) is 36.3 Å². The average molecular weight is 813 g/mol. The van der Waals surface area contributed by atoms with Crippen LogP contribution in [-0.4, -0.2) is 56.2 Å². The van der Waals surface area contributed by atoms with Gasteiger partial charge in [0, 0.05) is 10.7 Å². The Morgan fingerprint density at radius 3 is 2.31 bits per heavy atom. The summed E-state index contributed by atoms with van der Waals surface area (Å²) >= 11 is 5.88. The Kier molecular flexibility index (Phi) is 6.41. The maximum absolute atomic E-state index is 12.9. The van der Waals surface area contributed by atoms with Crippen molar-refractivity contribution in [1.29, 1.82) is 0 Å². The topological polar surface area (TPSA) is 125 Å².